The first kappa shape index (κ1) is 13.7. The minimum Gasteiger partial charge on any atom is -0.495 e. The number of hydrogen-bond acceptors (Lipinski definition) is 3. The second kappa shape index (κ2) is 6.43. The van der Waals surface area contributed by atoms with E-state index in [-0.39, 0.29) is 0 Å². The number of nitrogens with one attached hydrogen (secondary N) is 1. The van der Waals surface area contributed by atoms with Gasteiger partial charge in [0.05, 0.1) is 12.8 Å². The van der Waals surface area contributed by atoms with Gasteiger partial charge in [-0.05, 0) is 50.0 Å². The molecule has 1 atom stereocenters. The van der Waals surface area contributed by atoms with E-state index in [1.54, 1.807) is 7.11 Å². The van der Waals surface area contributed by atoms with Crippen molar-refractivity contribution in [1.29, 1.82) is 0 Å². The fourth-order valence-electron chi connectivity index (χ4n) is 2.42. The molecule has 0 amide bonds. The summed E-state index contributed by atoms with van der Waals surface area (Å²) in [7, 11) is 3.86. The van der Waals surface area contributed by atoms with Crippen LogP contribution in [0.1, 0.15) is 12.8 Å². The number of rotatable bonds is 5. The molecule has 1 N–H and O–H groups in total. The first-order valence-corrected chi connectivity index (χ1v) is 7.25. The zero-order chi connectivity index (χ0) is 13.0. The van der Waals surface area contributed by atoms with Crippen molar-refractivity contribution < 1.29 is 4.74 Å². The van der Waals surface area contributed by atoms with Gasteiger partial charge in [-0.1, -0.05) is 15.9 Å². The Morgan fingerprint density at radius 3 is 3.00 bits per heavy atom. The second-order valence-electron chi connectivity index (χ2n) is 4.89. The van der Waals surface area contributed by atoms with Crippen molar-refractivity contribution in [2.45, 2.75) is 12.8 Å². The first-order valence-electron chi connectivity index (χ1n) is 6.46. The average Bonchev–Trinajstić information content (AvgIpc) is 2.89. The molecule has 2 rings (SSSR count). The fraction of sp³-hybridized carbons (Fsp3) is 0.571. The van der Waals surface area contributed by atoms with Crippen LogP contribution in [0.2, 0.25) is 0 Å². The molecule has 1 unspecified atom stereocenters. The summed E-state index contributed by atoms with van der Waals surface area (Å²) in [5.74, 6) is 1.76. The minimum absolute atomic E-state index is 0.825. The van der Waals surface area contributed by atoms with Gasteiger partial charge in [-0.25, -0.2) is 0 Å². The van der Waals surface area contributed by atoms with Gasteiger partial charge in [-0.15, -0.1) is 0 Å². The lowest BCUT2D eigenvalue weighted by Gasteiger charge is -2.23. The van der Waals surface area contributed by atoms with Crippen LogP contribution in [0.5, 0.6) is 5.75 Å². The van der Waals surface area contributed by atoms with Crippen molar-refractivity contribution >= 4 is 21.6 Å². The monoisotopic (exact) mass is 312 g/mol. The predicted molar refractivity (Wildman–Crippen MR) is 79.6 cm³/mol. The van der Waals surface area contributed by atoms with Crippen molar-refractivity contribution in [3.8, 4) is 5.75 Å². The Hall–Kier alpha value is -0.740. The molecule has 1 saturated heterocycles. The molecule has 1 aromatic carbocycles. The average molecular weight is 313 g/mol. The Balaban J connectivity index is 1.98. The third-order valence-corrected chi connectivity index (χ3v) is 4.08. The summed E-state index contributed by atoms with van der Waals surface area (Å²) >= 11 is 3.52. The molecule has 0 spiro atoms. The largest absolute Gasteiger partial charge is 0.495 e. The van der Waals surface area contributed by atoms with E-state index in [1.807, 2.05) is 12.1 Å². The van der Waals surface area contributed by atoms with Crippen LogP contribution in [-0.4, -0.2) is 33.8 Å². The van der Waals surface area contributed by atoms with E-state index < -0.39 is 0 Å². The Bertz CT molecular complexity index is 391. The molecule has 100 valence electrons. The van der Waals surface area contributed by atoms with E-state index >= 15 is 0 Å². The maximum absolute atomic E-state index is 5.42. The van der Waals surface area contributed by atoms with Gasteiger partial charge in [0.1, 0.15) is 5.75 Å². The molecule has 1 aliphatic rings. The molecule has 1 heterocycles. The number of methoxy groups -OCH3 is 1. The topological polar surface area (TPSA) is 24.5 Å². The summed E-state index contributed by atoms with van der Waals surface area (Å²) in [4.78, 5) is 2.28. The number of halogens is 1. The molecule has 1 aliphatic heterocycles. The normalized spacial score (nSPS) is 18.9. The molecule has 0 aliphatic carbocycles. The van der Waals surface area contributed by atoms with Gasteiger partial charge in [0, 0.05) is 18.1 Å². The van der Waals surface area contributed by atoms with Gasteiger partial charge < -0.3 is 15.0 Å². The van der Waals surface area contributed by atoms with Gasteiger partial charge in [0.15, 0.2) is 0 Å². The van der Waals surface area contributed by atoms with Crippen LogP contribution in [0, 0.1) is 5.92 Å². The van der Waals surface area contributed by atoms with Crippen molar-refractivity contribution in [3.63, 3.8) is 0 Å². The molecule has 0 radical (unpaired) electrons. The van der Waals surface area contributed by atoms with E-state index in [0.29, 0.717) is 0 Å². The highest BCUT2D eigenvalue weighted by molar-refractivity contribution is 9.10. The lowest BCUT2D eigenvalue weighted by atomic mass is 10.0. The van der Waals surface area contributed by atoms with Gasteiger partial charge in [-0.2, -0.15) is 0 Å². The Morgan fingerprint density at radius 1 is 1.50 bits per heavy atom. The van der Waals surface area contributed by atoms with E-state index in [2.05, 4.69) is 39.3 Å². The molecule has 1 aromatic rings. The summed E-state index contributed by atoms with van der Waals surface area (Å²) in [6.07, 6.45) is 2.54. The number of anilines is 1. The molecule has 1 fully saturated rings. The molecule has 18 heavy (non-hydrogen) atoms. The Labute approximate surface area is 118 Å². The lowest BCUT2D eigenvalue weighted by molar-refractivity contribution is 0.414. The van der Waals surface area contributed by atoms with E-state index in [1.165, 1.54) is 25.9 Å². The highest BCUT2D eigenvalue weighted by atomic mass is 79.9. The standard InChI is InChI=1S/C14H21BrN2O/c1-17(8-6-11-5-7-16-10-11)13-9-12(15)3-4-14(13)18-2/h3-4,9,11,16H,5-8,10H2,1-2H3. The third-order valence-electron chi connectivity index (χ3n) is 3.59. The summed E-state index contributed by atoms with van der Waals surface area (Å²) in [6, 6.07) is 6.13. The number of hydrogen-bond donors (Lipinski definition) is 1. The van der Waals surface area contributed by atoms with Gasteiger partial charge >= 0.3 is 0 Å². The lowest BCUT2D eigenvalue weighted by Crippen LogP contribution is -2.22. The summed E-state index contributed by atoms with van der Waals surface area (Å²) in [5.41, 5.74) is 1.15. The highest BCUT2D eigenvalue weighted by Crippen LogP contribution is 2.31. The van der Waals surface area contributed by atoms with Crippen LogP contribution >= 0.6 is 15.9 Å². The minimum atomic E-state index is 0.825. The van der Waals surface area contributed by atoms with Crippen LogP contribution in [0.3, 0.4) is 0 Å². The second-order valence-corrected chi connectivity index (χ2v) is 5.80. The summed E-state index contributed by atoms with van der Waals surface area (Å²) in [5, 5.41) is 3.42. The van der Waals surface area contributed by atoms with Crippen molar-refractivity contribution in [2.24, 2.45) is 5.92 Å². The SMILES string of the molecule is COc1ccc(Br)cc1N(C)CCC1CCNC1. The van der Waals surface area contributed by atoms with E-state index in [9.17, 15) is 0 Å². The van der Waals surface area contributed by atoms with Crippen molar-refractivity contribution in [1.82, 2.24) is 5.32 Å². The van der Waals surface area contributed by atoms with Crippen LogP contribution in [0.15, 0.2) is 22.7 Å². The zero-order valence-electron chi connectivity index (χ0n) is 11.1. The van der Waals surface area contributed by atoms with E-state index in [4.69, 9.17) is 4.74 Å². The third kappa shape index (κ3) is 3.39. The molecular formula is C14H21BrN2O. The smallest absolute Gasteiger partial charge is 0.142 e. The van der Waals surface area contributed by atoms with Crippen LogP contribution in [0.4, 0.5) is 5.69 Å². The Morgan fingerprint density at radius 2 is 2.33 bits per heavy atom. The molecule has 4 heteroatoms. The number of nitrogens with zero attached hydrogens (tertiary/aromatic N) is 1. The maximum atomic E-state index is 5.42. The van der Waals surface area contributed by atoms with Crippen molar-refractivity contribution in [3.05, 3.63) is 22.7 Å². The highest BCUT2D eigenvalue weighted by Gasteiger charge is 2.16. The van der Waals surface area contributed by atoms with Crippen molar-refractivity contribution in [2.75, 3.05) is 38.7 Å². The van der Waals surface area contributed by atoms with Gasteiger partial charge in [-0.3, -0.25) is 0 Å². The van der Waals surface area contributed by atoms with Crippen LogP contribution < -0.4 is 15.0 Å². The zero-order valence-corrected chi connectivity index (χ0v) is 12.7. The van der Waals surface area contributed by atoms with Crippen LogP contribution in [-0.2, 0) is 0 Å². The molecular weight excluding hydrogens is 292 g/mol. The molecule has 0 saturated carbocycles. The number of ether oxygens (including phenoxy) is 1. The predicted octanol–water partition coefficient (Wildman–Crippen LogP) is 2.89. The van der Waals surface area contributed by atoms with Gasteiger partial charge in [0.25, 0.3) is 0 Å². The maximum Gasteiger partial charge on any atom is 0.142 e. The van der Waals surface area contributed by atoms with E-state index in [0.717, 1.165) is 28.4 Å². The number of benzene rings is 1. The quantitative estimate of drug-likeness (QED) is 0.905. The first-order chi connectivity index (χ1) is 8.70. The molecule has 0 bridgehead atoms. The summed E-state index contributed by atoms with van der Waals surface area (Å²) in [6.45, 7) is 3.41. The van der Waals surface area contributed by atoms with Gasteiger partial charge in [0.2, 0.25) is 0 Å². The Kier molecular flexibility index (Phi) is 4.89. The fourth-order valence-corrected chi connectivity index (χ4v) is 2.77. The molecule has 0 aromatic heterocycles. The van der Waals surface area contributed by atoms with Crippen LogP contribution in [0.25, 0.3) is 0 Å². The summed E-state index contributed by atoms with van der Waals surface area (Å²) < 4.78 is 6.51. The molecule has 3 nitrogen and oxygen atoms in total.